The summed E-state index contributed by atoms with van der Waals surface area (Å²) in [7, 11) is 3.48. The van der Waals surface area contributed by atoms with Gasteiger partial charge in [-0.1, -0.05) is 24.3 Å². The van der Waals surface area contributed by atoms with E-state index in [-0.39, 0.29) is 35.6 Å². The van der Waals surface area contributed by atoms with Crippen molar-refractivity contribution in [3.63, 3.8) is 0 Å². The van der Waals surface area contributed by atoms with E-state index in [1.54, 1.807) is 37.2 Å². The number of nitrogens with zero attached hydrogens (tertiary/aromatic N) is 2. The minimum Gasteiger partial charge on any atom is -0.508 e. The number of carbonyl (C=O) groups is 1. The van der Waals surface area contributed by atoms with Crippen molar-refractivity contribution in [2.24, 2.45) is 4.99 Å². The van der Waals surface area contributed by atoms with Crippen LogP contribution in [-0.4, -0.2) is 42.5 Å². The molecule has 7 heteroatoms. The summed E-state index contributed by atoms with van der Waals surface area (Å²) in [6.45, 7) is 3.83. The van der Waals surface area contributed by atoms with Crippen LogP contribution < -0.4 is 10.6 Å². The van der Waals surface area contributed by atoms with E-state index < -0.39 is 0 Å². The summed E-state index contributed by atoms with van der Waals surface area (Å²) in [5.41, 5.74) is 2.67. The van der Waals surface area contributed by atoms with Crippen molar-refractivity contribution >= 4 is 35.8 Å². The molecule has 0 saturated carbocycles. The fourth-order valence-corrected chi connectivity index (χ4v) is 2.38. The van der Waals surface area contributed by atoms with Crippen LogP contribution in [0.1, 0.15) is 28.4 Å². The van der Waals surface area contributed by atoms with Crippen LogP contribution in [0.25, 0.3) is 0 Å². The number of benzene rings is 2. The van der Waals surface area contributed by atoms with Gasteiger partial charge in [0.25, 0.3) is 5.91 Å². The van der Waals surface area contributed by atoms with Gasteiger partial charge < -0.3 is 20.6 Å². The van der Waals surface area contributed by atoms with Crippen LogP contribution in [-0.2, 0) is 13.1 Å². The summed E-state index contributed by atoms with van der Waals surface area (Å²) in [5.74, 6) is 0.929. The lowest BCUT2D eigenvalue weighted by atomic mass is 10.1. The Balaban J connectivity index is 0.00000364. The number of guanidine groups is 1. The second kappa shape index (κ2) is 11.4. The zero-order chi connectivity index (χ0) is 18.9. The van der Waals surface area contributed by atoms with Gasteiger partial charge in [0.1, 0.15) is 5.75 Å². The molecule has 27 heavy (non-hydrogen) atoms. The van der Waals surface area contributed by atoms with Gasteiger partial charge in [-0.05, 0) is 42.3 Å². The normalized spacial score (nSPS) is 10.7. The van der Waals surface area contributed by atoms with Crippen molar-refractivity contribution in [3.05, 3.63) is 65.2 Å². The fourth-order valence-electron chi connectivity index (χ4n) is 2.38. The quantitative estimate of drug-likeness (QED) is 0.336. The average molecular weight is 482 g/mol. The van der Waals surface area contributed by atoms with Crippen molar-refractivity contribution in [1.29, 1.82) is 0 Å². The third-order valence-corrected chi connectivity index (χ3v) is 3.74. The van der Waals surface area contributed by atoms with Crippen molar-refractivity contribution in [2.75, 3.05) is 20.6 Å². The summed E-state index contributed by atoms with van der Waals surface area (Å²) >= 11 is 0. The monoisotopic (exact) mass is 482 g/mol. The molecule has 0 heterocycles. The van der Waals surface area contributed by atoms with Crippen LogP contribution in [0.5, 0.6) is 5.75 Å². The highest BCUT2D eigenvalue weighted by molar-refractivity contribution is 14.0. The standard InChI is InChI=1S/C20H26N4O2.HI/c1-4-21-20(23-14-16-6-5-7-18(25)12-16)22-13-15-8-10-17(11-9-15)19(26)24(2)3;/h5-12,25H,4,13-14H2,1-3H3,(H2,21,22,23);1H. The number of carbonyl (C=O) groups excluding carboxylic acids is 1. The molecule has 0 aliphatic rings. The molecule has 2 aromatic rings. The Labute approximate surface area is 177 Å². The number of rotatable bonds is 6. The molecule has 0 fully saturated rings. The first-order valence-corrected chi connectivity index (χ1v) is 8.60. The molecule has 0 bridgehead atoms. The van der Waals surface area contributed by atoms with Gasteiger partial charge in [-0.2, -0.15) is 0 Å². The van der Waals surface area contributed by atoms with Crippen molar-refractivity contribution < 1.29 is 9.90 Å². The van der Waals surface area contributed by atoms with Gasteiger partial charge >= 0.3 is 0 Å². The van der Waals surface area contributed by atoms with E-state index in [0.717, 1.165) is 17.7 Å². The average Bonchev–Trinajstić information content (AvgIpc) is 2.64. The maximum atomic E-state index is 11.9. The number of hydrogen-bond acceptors (Lipinski definition) is 3. The Morgan fingerprint density at radius 3 is 2.37 bits per heavy atom. The summed E-state index contributed by atoms with van der Waals surface area (Å²) in [5, 5.41) is 16.0. The van der Waals surface area contributed by atoms with Crippen LogP contribution in [0.15, 0.2) is 53.5 Å². The second-order valence-electron chi connectivity index (χ2n) is 6.12. The van der Waals surface area contributed by atoms with E-state index in [2.05, 4.69) is 15.6 Å². The van der Waals surface area contributed by atoms with Crippen molar-refractivity contribution in [3.8, 4) is 5.75 Å². The molecule has 0 aliphatic carbocycles. The van der Waals surface area contributed by atoms with E-state index in [1.165, 1.54) is 0 Å². The molecule has 0 aromatic heterocycles. The number of aromatic hydroxyl groups is 1. The molecule has 0 radical (unpaired) electrons. The largest absolute Gasteiger partial charge is 0.508 e. The molecule has 146 valence electrons. The van der Waals surface area contributed by atoms with Gasteiger partial charge in [-0.25, -0.2) is 4.99 Å². The molecule has 0 unspecified atom stereocenters. The summed E-state index contributed by atoms with van der Waals surface area (Å²) in [4.78, 5) is 18.0. The fraction of sp³-hybridized carbons (Fsp3) is 0.300. The smallest absolute Gasteiger partial charge is 0.253 e. The first-order valence-electron chi connectivity index (χ1n) is 8.60. The van der Waals surface area contributed by atoms with Crippen LogP contribution in [0, 0.1) is 0 Å². The predicted molar refractivity (Wildman–Crippen MR) is 120 cm³/mol. The van der Waals surface area contributed by atoms with Gasteiger partial charge in [0.2, 0.25) is 0 Å². The first kappa shape index (κ1) is 22.8. The minimum atomic E-state index is -0.00877. The highest BCUT2D eigenvalue weighted by Gasteiger charge is 2.07. The molecule has 0 atom stereocenters. The Kier molecular flexibility index (Phi) is 9.63. The Morgan fingerprint density at radius 2 is 1.78 bits per heavy atom. The van der Waals surface area contributed by atoms with Crippen molar-refractivity contribution in [2.45, 2.75) is 20.0 Å². The lowest BCUT2D eigenvalue weighted by molar-refractivity contribution is 0.0827. The molecule has 6 nitrogen and oxygen atoms in total. The summed E-state index contributed by atoms with van der Waals surface area (Å²) in [6, 6.07) is 14.6. The number of halogens is 1. The van der Waals surface area contributed by atoms with E-state index in [9.17, 15) is 9.90 Å². The number of nitrogens with one attached hydrogen (secondary N) is 2. The zero-order valence-corrected chi connectivity index (χ0v) is 18.2. The van der Waals surface area contributed by atoms with Gasteiger partial charge in [0.15, 0.2) is 5.96 Å². The third-order valence-electron chi connectivity index (χ3n) is 3.74. The number of phenolic OH excluding ortho intramolecular Hbond substituents is 1. The Morgan fingerprint density at radius 1 is 1.07 bits per heavy atom. The van der Waals surface area contributed by atoms with Gasteiger partial charge in [0, 0.05) is 32.7 Å². The van der Waals surface area contributed by atoms with Crippen LogP contribution in [0.2, 0.25) is 0 Å². The minimum absolute atomic E-state index is 0. The highest BCUT2D eigenvalue weighted by atomic mass is 127. The van der Waals surface area contributed by atoms with Crippen LogP contribution >= 0.6 is 24.0 Å². The Hall–Kier alpha value is -2.29. The van der Waals surface area contributed by atoms with Gasteiger partial charge in [-0.3, -0.25) is 4.79 Å². The third kappa shape index (κ3) is 7.46. The zero-order valence-electron chi connectivity index (χ0n) is 15.9. The molecule has 1 amide bonds. The number of amides is 1. The highest BCUT2D eigenvalue weighted by Crippen LogP contribution is 2.11. The molecule has 2 rings (SSSR count). The van der Waals surface area contributed by atoms with Crippen LogP contribution in [0.4, 0.5) is 0 Å². The lowest BCUT2D eigenvalue weighted by Gasteiger charge is -2.13. The number of hydrogen-bond donors (Lipinski definition) is 3. The maximum Gasteiger partial charge on any atom is 0.253 e. The molecule has 3 N–H and O–H groups in total. The SMILES string of the molecule is CCNC(=NCc1cccc(O)c1)NCc1ccc(C(=O)N(C)C)cc1.I. The maximum absolute atomic E-state index is 11.9. The summed E-state index contributed by atoms with van der Waals surface area (Å²) < 4.78 is 0. The van der Waals surface area contributed by atoms with Crippen LogP contribution in [0.3, 0.4) is 0 Å². The van der Waals surface area contributed by atoms with E-state index in [0.29, 0.717) is 24.6 Å². The van der Waals surface area contributed by atoms with E-state index >= 15 is 0 Å². The molecular formula is C20H27IN4O2. The first-order chi connectivity index (χ1) is 12.5. The van der Waals surface area contributed by atoms with Gasteiger partial charge in [-0.15, -0.1) is 24.0 Å². The molecule has 0 aliphatic heterocycles. The number of phenols is 1. The van der Waals surface area contributed by atoms with Gasteiger partial charge in [0.05, 0.1) is 6.54 Å². The molecule has 2 aromatic carbocycles. The second-order valence-corrected chi connectivity index (χ2v) is 6.12. The number of aliphatic imine (C=N–C) groups is 1. The molecule has 0 saturated heterocycles. The Bertz CT molecular complexity index is 761. The molecular weight excluding hydrogens is 455 g/mol. The van der Waals surface area contributed by atoms with Crippen molar-refractivity contribution in [1.82, 2.24) is 15.5 Å². The lowest BCUT2D eigenvalue weighted by Crippen LogP contribution is -2.36. The van der Waals surface area contributed by atoms with E-state index in [4.69, 9.17) is 0 Å². The predicted octanol–water partition coefficient (Wildman–Crippen LogP) is 2.97. The van der Waals surface area contributed by atoms with E-state index in [1.807, 2.05) is 37.3 Å². The molecule has 0 spiro atoms. The summed E-state index contributed by atoms with van der Waals surface area (Å²) in [6.07, 6.45) is 0. The topological polar surface area (TPSA) is 77.0 Å².